The standard InChI is InChI=1S/C18H18N2O2S/c1-14-7-9-15(10-8-14)18-19-17(22-20-18)13-23-12-11-21-16-5-3-2-4-6-16/h2-10H,11-13H2,1H3. The van der Waals surface area contributed by atoms with Gasteiger partial charge < -0.3 is 9.26 Å². The van der Waals surface area contributed by atoms with Gasteiger partial charge in [0.1, 0.15) is 5.75 Å². The number of nitrogens with zero attached hydrogens (tertiary/aromatic N) is 2. The van der Waals surface area contributed by atoms with E-state index in [0.717, 1.165) is 17.1 Å². The lowest BCUT2D eigenvalue weighted by molar-refractivity contribution is 0.343. The monoisotopic (exact) mass is 326 g/mol. The van der Waals surface area contributed by atoms with E-state index < -0.39 is 0 Å². The maximum atomic E-state index is 5.64. The third-order valence-corrected chi connectivity index (χ3v) is 4.15. The Labute approximate surface area is 139 Å². The third kappa shape index (κ3) is 4.60. The fourth-order valence-corrected chi connectivity index (χ4v) is 2.67. The van der Waals surface area contributed by atoms with Gasteiger partial charge in [0.25, 0.3) is 0 Å². The summed E-state index contributed by atoms with van der Waals surface area (Å²) in [5.74, 6) is 3.74. The van der Waals surface area contributed by atoms with Gasteiger partial charge in [0.05, 0.1) is 12.4 Å². The minimum atomic E-state index is 0.640. The van der Waals surface area contributed by atoms with Crippen molar-refractivity contribution < 1.29 is 9.26 Å². The molecule has 0 bridgehead atoms. The lowest BCUT2D eigenvalue weighted by Gasteiger charge is -2.04. The highest BCUT2D eigenvalue weighted by Crippen LogP contribution is 2.18. The number of benzene rings is 2. The van der Waals surface area contributed by atoms with Crippen LogP contribution in [-0.4, -0.2) is 22.5 Å². The SMILES string of the molecule is Cc1ccc(-c2noc(CSCCOc3ccccc3)n2)cc1. The number of hydrogen-bond acceptors (Lipinski definition) is 5. The van der Waals surface area contributed by atoms with E-state index in [9.17, 15) is 0 Å². The molecule has 0 N–H and O–H groups in total. The van der Waals surface area contributed by atoms with E-state index >= 15 is 0 Å². The second kappa shape index (κ2) is 7.83. The maximum absolute atomic E-state index is 5.64. The first-order valence-electron chi connectivity index (χ1n) is 7.46. The molecule has 5 heteroatoms. The first kappa shape index (κ1) is 15.6. The van der Waals surface area contributed by atoms with Crippen molar-refractivity contribution in [3.63, 3.8) is 0 Å². The summed E-state index contributed by atoms with van der Waals surface area (Å²) in [7, 11) is 0. The summed E-state index contributed by atoms with van der Waals surface area (Å²) in [4.78, 5) is 4.43. The zero-order valence-electron chi connectivity index (χ0n) is 12.9. The van der Waals surface area contributed by atoms with Crippen LogP contribution in [0.2, 0.25) is 0 Å². The van der Waals surface area contributed by atoms with Gasteiger partial charge in [-0.25, -0.2) is 0 Å². The molecule has 0 saturated carbocycles. The van der Waals surface area contributed by atoms with E-state index in [2.05, 4.69) is 17.1 Å². The lowest BCUT2D eigenvalue weighted by atomic mass is 10.1. The number of hydrogen-bond donors (Lipinski definition) is 0. The molecule has 0 unspecified atom stereocenters. The van der Waals surface area contributed by atoms with E-state index in [1.807, 2.05) is 54.6 Å². The number of aryl methyl sites for hydroxylation is 1. The molecule has 0 aliphatic heterocycles. The lowest BCUT2D eigenvalue weighted by Crippen LogP contribution is -2.00. The minimum absolute atomic E-state index is 0.640. The Morgan fingerprint density at radius 1 is 1.04 bits per heavy atom. The molecule has 0 aliphatic rings. The van der Waals surface area contributed by atoms with Gasteiger partial charge in [-0.05, 0) is 19.1 Å². The van der Waals surface area contributed by atoms with Crippen molar-refractivity contribution in [3.8, 4) is 17.1 Å². The normalized spacial score (nSPS) is 10.7. The molecule has 0 spiro atoms. The van der Waals surface area contributed by atoms with Crippen LogP contribution >= 0.6 is 11.8 Å². The Morgan fingerprint density at radius 2 is 1.83 bits per heavy atom. The van der Waals surface area contributed by atoms with Crippen LogP contribution in [0.15, 0.2) is 59.1 Å². The highest BCUT2D eigenvalue weighted by atomic mass is 32.2. The predicted octanol–water partition coefficient (Wildman–Crippen LogP) is 4.36. The summed E-state index contributed by atoms with van der Waals surface area (Å²) in [6.45, 7) is 2.72. The first-order chi connectivity index (χ1) is 11.3. The van der Waals surface area contributed by atoms with Crippen LogP contribution in [-0.2, 0) is 5.75 Å². The van der Waals surface area contributed by atoms with Crippen LogP contribution in [0.4, 0.5) is 0 Å². The van der Waals surface area contributed by atoms with E-state index in [1.54, 1.807) is 11.8 Å². The molecule has 2 aromatic carbocycles. The molecule has 0 fully saturated rings. The van der Waals surface area contributed by atoms with Gasteiger partial charge >= 0.3 is 0 Å². The fraction of sp³-hybridized carbons (Fsp3) is 0.222. The van der Waals surface area contributed by atoms with Crippen molar-refractivity contribution in [2.45, 2.75) is 12.7 Å². The number of rotatable bonds is 7. The van der Waals surface area contributed by atoms with Crippen molar-refractivity contribution in [1.82, 2.24) is 10.1 Å². The molecule has 4 nitrogen and oxygen atoms in total. The average molecular weight is 326 g/mol. The largest absolute Gasteiger partial charge is 0.493 e. The summed E-state index contributed by atoms with van der Waals surface area (Å²) in [5, 5.41) is 4.03. The zero-order chi connectivity index (χ0) is 15.9. The van der Waals surface area contributed by atoms with Crippen molar-refractivity contribution >= 4 is 11.8 Å². The molecular weight excluding hydrogens is 308 g/mol. The minimum Gasteiger partial charge on any atom is -0.493 e. The molecule has 0 amide bonds. The van der Waals surface area contributed by atoms with Gasteiger partial charge in [-0.1, -0.05) is 53.2 Å². The highest BCUT2D eigenvalue weighted by molar-refractivity contribution is 7.98. The summed E-state index contributed by atoms with van der Waals surface area (Å²) in [6.07, 6.45) is 0. The van der Waals surface area contributed by atoms with Crippen LogP contribution in [0.3, 0.4) is 0 Å². The van der Waals surface area contributed by atoms with Crippen molar-refractivity contribution in [2.75, 3.05) is 12.4 Å². The predicted molar refractivity (Wildman–Crippen MR) is 92.6 cm³/mol. The van der Waals surface area contributed by atoms with Crippen molar-refractivity contribution in [2.24, 2.45) is 0 Å². The molecule has 23 heavy (non-hydrogen) atoms. The smallest absolute Gasteiger partial charge is 0.236 e. The first-order valence-corrected chi connectivity index (χ1v) is 8.62. The van der Waals surface area contributed by atoms with Crippen LogP contribution in [0.5, 0.6) is 5.75 Å². The maximum Gasteiger partial charge on any atom is 0.236 e. The number of para-hydroxylation sites is 1. The number of ether oxygens (including phenoxy) is 1. The molecule has 118 valence electrons. The van der Waals surface area contributed by atoms with Crippen LogP contribution in [0.1, 0.15) is 11.5 Å². The topological polar surface area (TPSA) is 48.2 Å². The third-order valence-electron chi connectivity index (χ3n) is 3.24. The second-order valence-corrected chi connectivity index (χ2v) is 6.20. The molecular formula is C18H18N2O2S. The molecule has 1 aromatic heterocycles. The van der Waals surface area contributed by atoms with Crippen LogP contribution < -0.4 is 4.74 Å². The molecule has 0 aliphatic carbocycles. The number of aromatic nitrogens is 2. The molecule has 3 rings (SSSR count). The Bertz CT molecular complexity index is 726. The Balaban J connectivity index is 1.43. The van der Waals surface area contributed by atoms with Crippen LogP contribution in [0, 0.1) is 6.92 Å². The van der Waals surface area contributed by atoms with E-state index in [-0.39, 0.29) is 0 Å². The summed E-state index contributed by atoms with van der Waals surface area (Å²) < 4.78 is 10.9. The van der Waals surface area contributed by atoms with E-state index in [1.165, 1.54) is 5.56 Å². The Kier molecular flexibility index (Phi) is 5.32. The molecule has 0 saturated heterocycles. The number of thioether (sulfide) groups is 1. The van der Waals surface area contributed by atoms with Gasteiger partial charge in [-0.2, -0.15) is 4.98 Å². The van der Waals surface area contributed by atoms with Crippen LogP contribution in [0.25, 0.3) is 11.4 Å². The van der Waals surface area contributed by atoms with E-state index in [4.69, 9.17) is 9.26 Å². The van der Waals surface area contributed by atoms with Gasteiger partial charge in [0.15, 0.2) is 0 Å². The van der Waals surface area contributed by atoms with Crippen molar-refractivity contribution in [1.29, 1.82) is 0 Å². The zero-order valence-corrected chi connectivity index (χ0v) is 13.8. The molecule has 0 radical (unpaired) electrons. The van der Waals surface area contributed by atoms with E-state index in [0.29, 0.717) is 24.1 Å². The van der Waals surface area contributed by atoms with Crippen molar-refractivity contribution in [3.05, 3.63) is 66.1 Å². The summed E-state index contributed by atoms with van der Waals surface area (Å²) in [6, 6.07) is 17.9. The van der Waals surface area contributed by atoms with Gasteiger partial charge in [-0.15, -0.1) is 11.8 Å². The Morgan fingerprint density at radius 3 is 2.61 bits per heavy atom. The summed E-state index contributed by atoms with van der Waals surface area (Å²) in [5.41, 5.74) is 2.19. The van der Waals surface area contributed by atoms with Gasteiger partial charge in [0.2, 0.25) is 11.7 Å². The molecule has 3 aromatic rings. The molecule has 1 heterocycles. The Hall–Kier alpha value is -2.27. The quantitative estimate of drug-likeness (QED) is 0.604. The van der Waals surface area contributed by atoms with Gasteiger partial charge in [-0.3, -0.25) is 0 Å². The highest BCUT2D eigenvalue weighted by Gasteiger charge is 2.08. The molecule has 0 atom stereocenters. The average Bonchev–Trinajstić information content (AvgIpc) is 3.05. The fourth-order valence-electron chi connectivity index (χ4n) is 2.03. The van der Waals surface area contributed by atoms with Gasteiger partial charge in [0, 0.05) is 11.3 Å². The second-order valence-electron chi connectivity index (χ2n) is 5.09. The summed E-state index contributed by atoms with van der Waals surface area (Å²) >= 11 is 1.72.